The van der Waals surface area contributed by atoms with Crippen molar-refractivity contribution in [3.63, 3.8) is 0 Å². The van der Waals surface area contributed by atoms with Gasteiger partial charge in [-0.25, -0.2) is 13.4 Å². The van der Waals surface area contributed by atoms with Crippen molar-refractivity contribution in [2.24, 2.45) is 5.92 Å². The lowest BCUT2D eigenvalue weighted by atomic mass is 10.2. The Hall–Kier alpha value is -1.14. The molecule has 0 radical (unpaired) electrons. The third-order valence-electron chi connectivity index (χ3n) is 2.65. The highest BCUT2D eigenvalue weighted by atomic mass is 32.2. The molecule has 19 heavy (non-hydrogen) atoms. The molecule has 0 aromatic carbocycles. The van der Waals surface area contributed by atoms with Crippen molar-refractivity contribution >= 4 is 15.8 Å². The lowest BCUT2D eigenvalue weighted by Gasteiger charge is -2.23. The summed E-state index contributed by atoms with van der Waals surface area (Å²) in [4.78, 5) is 4.36. The first kappa shape index (κ1) is 15.9. The van der Waals surface area contributed by atoms with Gasteiger partial charge in [0.25, 0.3) is 0 Å². The fourth-order valence-electron chi connectivity index (χ4n) is 1.84. The van der Waals surface area contributed by atoms with Crippen LogP contribution >= 0.6 is 0 Å². The van der Waals surface area contributed by atoms with Crippen LogP contribution in [0.15, 0.2) is 23.2 Å². The minimum absolute atomic E-state index is 0.249. The van der Waals surface area contributed by atoms with Crippen molar-refractivity contribution < 1.29 is 8.42 Å². The number of hydrogen-bond acceptors (Lipinski definition) is 4. The molecule has 1 N–H and O–H groups in total. The highest BCUT2D eigenvalue weighted by Gasteiger charge is 2.26. The molecule has 108 valence electrons. The van der Waals surface area contributed by atoms with Crippen LogP contribution in [0.25, 0.3) is 0 Å². The van der Waals surface area contributed by atoms with Gasteiger partial charge >= 0.3 is 0 Å². The van der Waals surface area contributed by atoms with E-state index in [1.54, 1.807) is 18.3 Å². The van der Waals surface area contributed by atoms with Crippen molar-refractivity contribution in [1.82, 2.24) is 9.29 Å². The Kier molecular flexibility index (Phi) is 5.75. The van der Waals surface area contributed by atoms with Crippen molar-refractivity contribution in [3.05, 3.63) is 18.3 Å². The van der Waals surface area contributed by atoms with Gasteiger partial charge in [-0.3, -0.25) is 0 Å². The summed E-state index contributed by atoms with van der Waals surface area (Å²) in [7, 11) is -3.49. The monoisotopic (exact) mass is 285 g/mol. The minimum atomic E-state index is -3.49. The average Bonchev–Trinajstić information content (AvgIpc) is 2.36. The van der Waals surface area contributed by atoms with Gasteiger partial charge in [0.1, 0.15) is 10.7 Å². The molecule has 0 saturated carbocycles. The third kappa shape index (κ3) is 3.91. The number of nitrogens with zero attached hydrogens (tertiary/aromatic N) is 2. The van der Waals surface area contributed by atoms with Gasteiger partial charge in [0.2, 0.25) is 10.0 Å². The van der Waals surface area contributed by atoms with E-state index in [0.717, 1.165) is 0 Å². The van der Waals surface area contributed by atoms with E-state index in [4.69, 9.17) is 0 Å². The van der Waals surface area contributed by atoms with E-state index < -0.39 is 10.0 Å². The van der Waals surface area contributed by atoms with E-state index >= 15 is 0 Å². The zero-order chi connectivity index (χ0) is 14.5. The minimum Gasteiger partial charge on any atom is -0.369 e. The third-order valence-corrected chi connectivity index (χ3v) is 4.63. The second-order valence-electron chi connectivity index (χ2n) is 4.73. The predicted molar refractivity (Wildman–Crippen MR) is 77.7 cm³/mol. The summed E-state index contributed by atoms with van der Waals surface area (Å²) in [6, 6.07) is 3.25. The molecule has 0 aliphatic carbocycles. The molecular formula is C13H23N3O2S. The first-order chi connectivity index (χ1) is 8.93. The quantitative estimate of drug-likeness (QED) is 0.834. The molecule has 0 amide bonds. The van der Waals surface area contributed by atoms with Crippen LogP contribution in [0, 0.1) is 5.92 Å². The summed E-state index contributed by atoms with van der Waals surface area (Å²) in [6.45, 7) is 9.38. The molecule has 0 spiro atoms. The van der Waals surface area contributed by atoms with Gasteiger partial charge in [-0.05, 0) is 25.0 Å². The fraction of sp³-hybridized carbons (Fsp3) is 0.615. The normalized spacial score (nSPS) is 12.1. The molecule has 5 nitrogen and oxygen atoms in total. The maximum Gasteiger partial charge on any atom is 0.246 e. The van der Waals surface area contributed by atoms with Crippen molar-refractivity contribution in [1.29, 1.82) is 0 Å². The van der Waals surface area contributed by atoms with Gasteiger partial charge in [0.05, 0.1) is 0 Å². The summed E-state index contributed by atoms with van der Waals surface area (Å²) in [5.41, 5.74) is 0. The molecule has 0 fully saturated rings. The largest absolute Gasteiger partial charge is 0.369 e. The molecule has 1 rings (SSSR count). The Bertz CT molecular complexity index is 500. The average molecular weight is 285 g/mol. The zero-order valence-corrected chi connectivity index (χ0v) is 12.9. The lowest BCUT2D eigenvalue weighted by molar-refractivity contribution is 0.381. The van der Waals surface area contributed by atoms with Gasteiger partial charge in [-0.15, -0.1) is 0 Å². The lowest BCUT2D eigenvalue weighted by Crippen LogP contribution is -2.34. The van der Waals surface area contributed by atoms with Crippen LogP contribution in [-0.2, 0) is 10.0 Å². The van der Waals surface area contributed by atoms with Gasteiger partial charge in [-0.2, -0.15) is 4.31 Å². The number of hydrogen-bond donors (Lipinski definition) is 1. The molecule has 0 atom stereocenters. The molecule has 0 bridgehead atoms. The number of pyridine rings is 1. The molecule has 0 unspecified atom stereocenters. The summed E-state index contributed by atoms with van der Waals surface area (Å²) in [5.74, 6) is 0.709. The molecule has 0 saturated heterocycles. The van der Waals surface area contributed by atoms with E-state index in [9.17, 15) is 8.42 Å². The van der Waals surface area contributed by atoms with Crippen LogP contribution in [0.3, 0.4) is 0 Å². The number of sulfonamides is 1. The number of rotatable bonds is 7. The zero-order valence-electron chi connectivity index (χ0n) is 12.0. The Labute approximate surface area is 116 Å². The summed E-state index contributed by atoms with van der Waals surface area (Å²) in [5, 5.41) is 3.00. The Morgan fingerprint density at radius 2 is 2.05 bits per heavy atom. The Balaban J connectivity index is 3.18. The molecule has 1 heterocycles. The van der Waals surface area contributed by atoms with E-state index in [-0.39, 0.29) is 10.8 Å². The predicted octanol–water partition coefficient (Wildman–Crippen LogP) is 2.18. The van der Waals surface area contributed by atoms with Crippen LogP contribution < -0.4 is 5.32 Å². The Morgan fingerprint density at radius 1 is 1.37 bits per heavy atom. The first-order valence-corrected chi connectivity index (χ1v) is 8.06. The highest BCUT2D eigenvalue weighted by Crippen LogP contribution is 2.22. The van der Waals surface area contributed by atoms with E-state index in [1.165, 1.54) is 4.31 Å². The van der Waals surface area contributed by atoms with Crippen LogP contribution in [0.5, 0.6) is 0 Å². The SMILES string of the molecule is CCNc1ncccc1S(=O)(=O)N(CC)CC(C)C. The molecule has 0 aliphatic rings. The van der Waals surface area contributed by atoms with Crippen LogP contribution in [0.2, 0.25) is 0 Å². The molecule has 6 heteroatoms. The molecule has 0 aliphatic heterocycles. The molecular weight excluding hydrogens is 262 g/mol. The van der Waals surface area contributed by atoms with Crippen molar-refractivity contribution in [3.8, 4) is 0 Å². The van der Waals surface area contributed by atoms with Gasteiger partial charge < -0.3 is 5.32 Å². The van der Waals surface area contributed by atoms with Crippen LogP contribution in [0.4, 0.5) is 5.82 Å². The molecule has 1 aromatic rings. The highest BCUT2D eigenvalue weighted by molar-refractivity contribution is 7.89. The smallest absolute Gasteiger partial charge is 0.246 e. The topological polar surface area (TPSA) is 62.3 Å². The summed E-state index contributed by atoms with van der Waals surface area (Å²) >= 11 is 0. The summed E-state index contributed by atoms with van der Waals surface area (Å²) < 4.78 is 26.8. The number of anilines is 1. The standard InChI is InChI=1S/C13H23N3O2S/c1-5-14-13-12(8-7-9-15-13)19(17,18)16(6-2)10-11(3)4/h7-9,11H,5-6,10H2,1-4H3,(H,14,15). The second-order valence-corrected chi connectivity index (χ2v) is 6.64. The maximum atomic E-state index is 12.6. The first-order valence-electron chi connectivity index (χ1n) is 6.62. The second kappa shape index (κ2) is 6.86. The van der Waals surface area contributed by atoms with Crippen molar-refractivity contribution in [2.45, 2.75) is 32.6 Å². The summed E-state index contributed by atoms with van der Waals surface area (Å²) in [6.07, 6.45) is 1.59. The van der Waals surface area contributed by atoms with E-state index in [0.29, 0.717) is 25.5 Å². The van der Waals surface area contributed by atoms with E-state index in [2.05, 4.69) is 10.3 Å². The van der Waals surface area contributed by atoms with Crippen LogP contribution in [-0.4, -0.2) is 37.3 Å². The fourth-order valence-corrected chi connectivity index (χ4v) is 3.57. The van der Waals surface area contributed by atoms with Crippen molar-refractivity contribution in [2.75, 3.05) is 25.0 Å². The number of aromatic nitrogens is 1. The number of nitrogens with one attached hydrogen (secondary N) is 1. The molecule has 1 aromatic heterocycles. The van der Waals surface area contributed by atoms with Gasteiger partial charge in [0, 0.05) is 25.8 Å². The van der Waals surface area contributed by atoms with E-state index in [1.807, 2.05) is 27.7 Å². The van der Waals surface area contributed by atoms with Gasteiger partial charge in [-0.1, -0.05) is 20.8 Å². The van der Waals surface area contributed by atoms with Gasteiger partial charge in [0.15, 0.2) is 0 Å². The van der Waals surface area contributed by atoms with Crippen LogP contribution in [0.1, 0.15) is 27.7 Å². The maximum absolute atomic E-state index is 12.6. The Morgan fingerprint density at radius 3 is 2.58 bits per heavy atom.